The Morgan fingerprint density at radius 2 is 1.89 bits per heavy atom. The standard InChI is InChI=1S/C16H32O2/c1-5-6-10-18-11-9-13-12-14(16(2,3)4)7-8-15(13)17/h13-15,17H,5-12H2,1-4H3. The Bertz CT molecular complexity index is 220. The molecule has 1 aliphatic rings. The van der Waals surface area contributed by atoms with Crippen molar-refractivity contribution in [1.82, 2.24) is 0 Å². The summed E-state index contributed by atoms with van der Waals surface area (Å²) < 4.78 is 5.63. The summed E-state index contributed by atoms with van der Waals surface area (Å²) in [5.41, 5.74) is 0.376. The van der Waals surface area contributed by atoms with E-state index in [4.69, 9.17) is 4.74 Å². The number of aliphatic hydroxyl groups excluding tert-OH is 1. The minimum Gasteiger partial charge on any atom is -0.393 e. The maximum atomic E-state index is 10.1. The Labute approximate surface area is 113 Å². The van der Waals surface area contributed by atoms with Crippen LogP contribution in [0.5, 0.6) is 0 Å². The zero-order chi connectivity index (χ0) is 13.6. The van der Waals surface area contributed by atoms with Crippen LogP contribution in [-0.2, 0) is 4.74 Å². The third kappa shape index (κ3) is 5.27. The predicted molar refractivity (Wildman–Crippen MR) is 76.6 cm³/mol. The van der Waals surface area contributed by atoms with E-state index >= 15 is 0 Å². The van der Waals surface area contributed by atoms with Crippen LogP contribution in [0.1, 0.15) is 66.2 Å². The molecule has 1 fully saturated rings. The summed E-state index contributed by atoms with van der Waals surface area (Å²) >= 11 is 0. The monoisotopic (exact) mass is 256 g/mol. The second-order valence-corrected chi connectivity index (χ2v) is 6.96. The molecule has 3 atom stereocenters. The minimum atomic E-state index is -0.0987. The van der Waals surface area contributed by atoms with Crippen molar-refractivity contribution in [2.75, 3.05) is 13.2 Å². The van der Waals surface area contributed by atoms with Crippen LogP contribution in [0.4, 0.5) is 0 Å². The Morgan fingerprint density at radius 3 is 2.50 bits per heavy atom. The number of hydrogen-bond acceptors (Lipinski definition) is 2. The van der Waals surface area contributed by atoms with Crippen LogP contribution in [0.25, 0.3) is 0 Å². The molecule has 1 N–H and O–H groups in total. The average molecular weight is 256 g/mol. The first kappa shape index (κ1) is 16.0. The molecule has 0 bridgehead atoms. The fraction of sp³-hybridized carbons (Fsp3) is 1.00. The summed E-state index contributed by atoms with van der Waals surface area (Å²) in [4.78, 5) is 0. The topological polar surface area (TPSA) is 29.5 Å². The van der Waals surface area contributed by atoms with E-state index in [9.17, 15) is 5.11 Å². The molecule has 0 radical (unpaired) electrons. The van der Waals surface area contributed by atoms with E-state index in [1.807, 2.05) is 0 Å². The first-order valence-corrected chi connectivity index (χ1v) is 7.71. The van der Waals surface area contributed by atoms with Crippen LogP contribution in [0, 0.1) is 17.3 Å². The van der Waals surface area contributed by atoms with E-state index in [2.05, 4.69) is 27.7 Å². The van der Waals surface area contributed by atoms with Gasteiger partial charge >= 0.3 is 0 Å². The van der Waals surface area contributed by atoms with Gasteiger partial charge in [-0.25, -0.2) is 0 Å². The molecule has 0 aromatic rings. The van der Waals surface area contributed by atoms with E-state index < -0.39 is 0 Å². The van der Waals surface area contributed by atoms with E-state index in [1.165, 1.54) is 19.3 Å². The molecule has 18 heavy (non-hydrogen) atoms. The summed E-state index contributed by atoms with van der Waals surface area (Å²) in [7, 11) is 0. The van der Waals surface area contributed by atoms with Crippen molar-refractivity contribution < 1.29 is 9.84 Å². The van der Waals surface area contributed by atoms with Crippen LogP contribution in [0.2, 0.25) is 0 Å². The Hall–Kier alpha value is -0.0800. The minimum absolute atomic E-state index is 0.0987. The zero-order valence-corrected chi connectivity index (χ0v) is 12.7. The van der Waals surface area contributed by atoms with Gasteiger partial charge in [-0.3, -0.25) is 0 Å². The highest BCUT2D eigenvalue weighted by molar-refractivity contribution is 4.85. The van der Waals surface area contributed by atoms with Gasteiger partial charge in [-0.15, -0.1) is 0 Å². The molecule has 0 aromatic heterocycles. The molecule has 0 spiro atoms. The van der Waals surface area contributed by atoms with Crippen LogP contribution in [0.3, 0.4) is 0 Å². The van der Waals surface area contributed by atoms with E-state index in [0.717, 1.165) is 38.4 Å². The lowest BCUT2D eigenvalue weighted by molar-refractivity contribution is 0.00104. The lowest BCUT2D eigenvalue weighted by Gasteiger charge is -2.40. The number of aliphatic hydroxyl groups is 1. The van der Waals surface area contributed by atoms with Gasteiger partial charge in [0.25, 0.3) is 0 Å². The molecule has 0 amide bonds. The van der Waals surface area contributed by atoms with Gasteiger partial charge in [-0.1, -0.05) is 34.1 Å². The van der Waals surface area contributed by atoms with Crippen LogP contribution < -0.4 is 0 Å². The Balaban J connectivity index is 2.29. The number of ether oxygens (including phenoxy) is 1. The van der Waals surface area contributed by atoms with Crippen molar-refractivity contribution >= 4 is 0 Å². The molecular weight excluding hydrogens is 224 g/mol. The van der Waals surface area contributed by atoms with Gasteiger partial charge in [0, 0.05) is 13.2 Å². The number of unbranched alkanes of at least 4 members (excludes halogenated alkanes) is 1. The van der Waals surface area contributed by atoms with Crippen molar-refractivity contribution in [2.24, 2.45) is 17.3 Å². The SMILES string of the molecule is CCCCOCCC1CC(C(C)(C)C)CCC1O. The summed E-state index contributed by atoms with van der Waals surface area (Å²) in [6, 6.07) is 0. The van der Waals surface area contributed by atoms with Crippen molar-refractivity contribution in [3.8, 4) is 0 Å². The highest BCUT2D eigenvalue weighted by Crippen LogP contribution is 2.41. The lowest BCUT2D eigenvalue weighted by atomic mass is 9.67. The molecule has 0 saturated heterocycles. The fourth-order valence-electron chi connectivity index (χ4n) is 2.93. The number of rotatable bonds is 6. The third-order valence-electron chi connectivity index (χ3n) is 4.44. The van der Waals surface area contributed by atoms with Crippen LogP contribution in [0.15, 0.2) is 0 Å². The van der Waals surface area contributed by atoms with Crippen molar-refractivity contribution in [3.63, 3.8) is 0 Å². The molecule has 3 unspecified atom stereocenters. The Kier molecular flexibility index (Phi) is 6.65. The smallest absolute Gasteiger partial charge is 0.0569 e. The second-order valence-electron chi connectivity index (χ2n) is 6.96. The van der Waals surface area contributed by atoms with Crippen molar-refractivity contribution in [1.29, 1.82) is 0 Å². The van der Waals surface area contributed by atoms with Gasteiger partial charge < -0.3 is 9.84 Å². The summed E-state index contributed by atoms with van der Waals surface area (Å²) in [5.74, 6) is 1.20. The highest BCUT2D eigenvalue weighted by Gasteiger charge is 2.34. The maximum Gasteiger partial charge on any atom is 0.0569 e. The summed E-state index contributed by atoms with van der Waals surface area (Å²) in [6.07, 6.45) is 6.59. The molecule has 0 aromatic carbocycles. The van der Waals surface area contributed by atoms with Crippen LogP contribution >= 0.6 is 0 Å². The third-order valence-corrected chi connectivity index (χ3v) is 4.44. The predicted octanol–water partition coefficient (Wildman–Crippen LogP) is 4.02. The quantitative estimate of drug-likeness (QED) is 0.727. The first-order valence-electron chi connectivity index (χ1n) is 7.71. The molecule has 0 heterocycles. The largest absolute Gasteiger partial charge is 0.393 e. The molecule has 1 saturated carbocycles. The molecular formula is C16H32O2. The number of hydrogen-bond donors (Lipinski definition) is 1. The molecule has 0 aliphatic heterocycles. The second kappa shape index (κ2) is 7.49. The molecule has 2 nitrogen and oxygen atoms in total. The van der Waals surface area contributed by atoms with Gasteiger partial charge in [0.1, 0.15) is 0 Å². The molecule has 2 heteroatoms. The van der Waals surface area contributed by atoms with E-state index in [1.54, 1.807) is 0 Å². The first-order chi connectivity index (χ1) is 8.45. The molecule has 1 aliphatic carbocycles. The lowest BCUT2D eigenvalue weighted by Crippen LogP contribution is -2.35. The summed E-state index contributed by atoms with van der Waals surface area (Å²) in [5, 5.41) is 10.1. The summed E-state index contributed by atoms with van der Waals surface area (Å²) in [6.45, 7) is 10.8. The van der Waals surface area contributed by atoms with Crippen molar-refractivity contribution in [2.45, 2.75) is 72.3 Å². The highest BCUT2D eigenvalue weighted by atomic mass is 16.5. The molecule has 108 valence electrons. The average Bonchev–Trinajstić information content (AvgIpc) is 2.29. The van der Waals surface area contributed by atoms with Gasteiger partial charge in [0.2, 0.25) is 0 Å². The zero-order valence-electron chi connectivity index (χ0n) is 12.7. The molecule has 1 rings (SSSR count). The van der Waals surface area contributed by atoms with Gasteiger partial charge in [-0.05, 0) is 49.4 Å². The van der Waals surface area contributed by atoms with E-state index in [-0.39, 0.29) is 6.10 Å². The Morgan fingerprint density at radius 1 is 1.17 bits per heavy atom. The van der Waals surface area contributed by atoms with Gasteiger partial charge in [0.05, 0.1) is 6.10 Å². The van der Waals surface area contributed by atoms with Gasteiger partial charge in [0.15, 0.2) is 0 Å². The maximum absolute atomic E-state index is 10.1. The fourth-order valence-corrected chi connectivity index (χ4v) is 2.93. The van der Waals surface area contributed by atoms with Crippen molar-refractivity contribution in [3.05, 3.63) is 0 Å². The van der Waals surface area contributed by atoms with Crippen LogP contribution in [-0.4, -0.2) is 24.4 Å². The van der Waals surface area contributed by atoms with Gasteiger partial charge in [-0.2, -0.15) is 0 Å². The normalized spacial score (nSPS) is 29.5. The van der Waals surface area contributed by atoms with E-state index in [0.29, 0.717) is 11.3 Å².